The third-order valence-electron chi connectivity index (χ3n) is 5.70. The zero-order valence-corrected chi connectivity index (χ0v) is 19.5. The highest BCUT2D eigenvalue weighted by Crippen LogP contribution is 2.63. The highest BCUT2D eigenvalue weighted by atomic mass is 16.6. The summed E-state index contributed by atoms with van der Waals surface area (Å²) in [5.41, 5.74) is -2.38. The maximum absolute atomic E-state index is 13.2. The number of hydrogen-bond donors (Lipinski definition) is 3. The molecule has 0 aromatic heterocycles. The number of amides is 2. The summed E-state index contributed by atoms with van der Waals surface area (Å²) in [6.07, 6.45) is -0.919. The molecule has 0 radical (unpaired) electrons. The van der Waals surface area contributed by atoms with Crippen LogP contribution in [0.4, 0.5) is 4.79 Å². The van der Waals surface area contributed by atoms with Crippen molar-refractivity contribution >= 4 is 23.9 Å². The van der Waals surface area contributed by atoms with Crippen LogP contribution >= 0.6 is 0 Å². The lowest BCUT2D eigenvalue weighted by Gasteiger charge is -2.34. The molecule has 3 N–H and O–H groups in total. The largest absolute Gasteiger partial charge is 0.464 e. The summed E-state index contributed by atoms with van der Waals surface area (Å²) in [5, 5.41) is 15.8. The van der Waals surface area contributed by atoms with Crippen LogP contribution in [-0.2, 0) is 28.6 Å². The van der Waals surface area contributed by atoms with Gasteiger partial charge in [0.2, 0.25) is 5.91 Å². The van der Waals surface area contributed by atoms with Crippen LogP contribution in [0.2, 0.25) is 0 Å². The number of nitrogens with one attached hydrogen (secondary N) is 2. The molecule has 6 atom stereocenters. The summed E-state index contributed by atoms with van der Waals surface area (Å²) >= 11 is 0. The van der Waals surface area contributed by atoms with Gasteiger partial charge >= 0.3 is 18.0 Å². The van der Waals surface area contributed by atoms with E-state index in [4.69, 9.17) is 14.2 Å². The first-order chi connectivity index (χ1) is 14.8. The molecule has 0 unspecified atom stereocenters. The van der Waals surface area contributed by atoms with Crippen LogP contribution in [0.25, 0.3) is 0 Å². The SMILES string of the molecule is C=COC(=O)[C@H]1[C@H]2[C@@H]1[C@@](NC(=O)[C@@H](NC(=O)OC(C)(C)C)C(C)C)(C(=O)OCC)C[C@@H]2O.[HH]. The van der Waals surface area contributed by atoms with E-state index in [0.717, 1.165) is 6.26 Å². The van der Waals surface area contributed by atoms with Gasteiger partial charge in [-0.15, -0.1) is 0 Å². The summed E-state index contributed by atoms with van der Waals surface area (Å²) in [6.45, 7) is 13.6. The fourth-order valence-corrected chi connectivity index (χ4v) is 4.45. The molecule has 0 heterocycles. The second kappa shape index (κ2) is 9.48. The maximum atomic E-state index is 13.2. The Morgan fingerprint density at radius 2 is 1.91 bits per heavy atom. The highest BCUT2D eigenvalue weighted by molar-refractivity contribution is 5.94. The number of aliphatic hydroxyl groups excluding tert-OH is 1. The van der Waals surface area contributed by atoms with Gasteiger partial charge in [0.1, 0.15) is 17.2 Å². The van der Waals surface area contributed by atoms with Crippen LogP contribution in [0.15, 0.2) is 12.8 Å². The zero-order chi connectivity index (χ0) is 24.4. The van der Waals surface area contributed by atoms with Crippen LogP contribution in [-0.4, -0.2) is 58.9 Å². The van der Waals surface area contributed by atoms with Gasteiger partial charge in [0.25, 0.3) is 0 Å². The van der Waals surface area contributed by atoms with Crippen molar-refractivity contribution in [1.29, 1.82) is 0 Å². The van der Waals surface area contributed by atoms with Gasteiger partial charge in [0, 0.05) is 19.7 Å². The summed E-state index contributed by atoms with van der Waals surface area (Å²) in [7, 11) is 0. The molecule has 182 valence electrons. The van der Waals surface area contributed by atoms with Crippen molar-refractivity contribution in [3.63, 3.8) is 0 Å². The molecular weight excluding hydrogens is 420 g/mol. The van der Waals surface area contributed by atoms with Gasteiger partial charge in [0.05, 0.1) is 24.9 Å². The lowest BCUT2D eigenvalue weighted by atomic mass is 9.88. The Kier molecular flexibility index (Phi) is 7.59. The Morgan fingerprint density at radius 1 is 1.28 bits per heavy atom. The molecule has 10 heteroatoms. The molecular formula is C22H36N2O8. The Hall–Kier alpha value is -2.62. The van der Waals surface area contributed by atoms with Crippen molar-refractivity contribution in [3.05, 3.63) is 12.8 Å². The molecule has 2 saturated carbocycles. The summed E-state index contributed by atoms with van der Waals surface area (Å²) < 4.78 is 15.3. The fourth-order valence-electron chi connectivity index (χ4n) is 4.45. The number of rotatable bonds is 8. The predicted molar refractivity (Wildman–Crippen MR) is 115 cm³/mol. The molecule has 2 aliphatic rings. The first-order valence-electron chi connectivity index (χ1n) is 10.8. The van der Waals surface area contributed by atoms with Gasteiger partial charge in [-0.25, -0.2) is 9.59 Å². The highest BCUT2D eigenvalue weighted by Gasteiger charge is 2.76. The lowest BCUT2D eigenvalue weighted by molar-refractivity contribution is -0.156. The van der Waals surface area contributed by atoms with E-state index in [9.17, 15) is 24.3 Å². The van der Waals surface area contributed by atoms with Gasteiger partial charge in [-0.3, -0.25) is 9.59 Å². The number of carbonyl (C=O) groups excluding carboxylic acids is 4. The molecule has 10 nitrogen and oxygen atoms in total. The number of ether oxygens (including phenoxy) is 3. The standard InChI is InChI=1S/C22H34N2O8.H2/c1-8-30-18(27)14-13-12(25)10-22(15(13)14,19(28)31-9-2)24-17(26)16(11(3)4)23-20(29)32-21(5,6)7;/h8,11-16,25H,1,9-10H2,2-7H3,(H,23,29)(H,24,26);1H/t12-,13-,14-,15-,16-,22+;/m0./s1. The van der Waals surface area contributed by atoms with Gasteiger partial charge < -0.3 is 30.0 Å². The average molecular weight is 457 g/mol. The smallest absolute Gasteiger partial charge is 0.408 e. The van der Waals surface area contributed by atoms with Crippen LogP contribution in [0.1, 0.15) is 49.4 Å². The second-order valence-corrected chi connectivity index (χ2v) is 9.55. The Balaban J connectivity index is 0.00000544. The minimum atomic E-state index is -1.62. The minimum absolute atomic E-state index is 0. The molecule has 2 rings (SSSR count). The second-order valence-electron chi connectivity index (χ2n) is 9.55. The maximum Gasteiger partial charge on any atom is 0.408 e. The quantitative estimate of drug-likeness (QED) is 0.284. The average Bonchev–Trinajstić information content (AvgIpc) is 3.34. The number of carbonyl (C=O) groups is 4. The minimum Gasteiger partial charge on any atom is -0.464 e. The first kappa shape index (κ1) is 25.6. The van der Waals surface area contributed by atoms with E-state index >= 15 is 0 Å². The summed E-state index contributed by atoms with van der Waals surface area (Å²) in [4.78, 5) is 50.8. The molecule has 2 amide bonds. The van der Waals surface area contributed by atoms with Gasteiger partial charge in [-0.2, -0.15) is 0 Å². The molecule has 2 aliphatic carbocycles. The van der Waals surface area contributed by atoms with Gasteiger partial charge in [-0.1, -0.05) is 20.4 Å². The number of aliphatic hydroxyl groups is 1. The number of fused-ring (bicyclic) bond motifs is 1. The van der Waals surface area contributed by atoms with Crippen molar-refractivity contribution in [2.24, 2.45) is 23.7 Å². The zero-order valence-electron chi connectivity index (χ0n) is 19.5. The van der Waals surface area contributed by atoms with E-state index in [1.165, 1.54) is 0 Å². The summed E-state index contributed by atoms with van der Waals surface area (Å²) in [6, 6.07) is -1.02. The van der Waals surface area contributed by atoms with E-state index in [1.54, 1.807) is 41.5 Å². The molecule has 0 bridgehead atoms. The van der Waals surface area contributed by atoms with Crippen molar-refractivity contribution in [1.82, 2.24) is 10.6 Å². The van der Waals surface area contributed by atoms with Crippen molar-refractivity contribution < 1.29 is 39.9 Å². The normalized spacial score (nSPS) is 29.4. The lowest BCUT2D eigenvalue weighted by Crippen LogP contribution is -2.62. The molecule has 0 aliphatic heterocycles. The third kappa shape index (κ3) is 5.23. The molecule has 0 saturated heterocycles. The topological polar surface area (TPSA) is 140 Å². The number of alkyl carbamates (subject to hydrolysis) is 1. The van der Waals surface area contributed by atoms with Gasteiger partial charge in [0.15, 0.2) is 0 Å². The number of hydrogen-bond acceptors (Lipinski definition) is 8. The van der Waals surface area contributed by atoms with Crippen molar-refractivity contribution in [2.75, 3.05) is 6.61 Å². The van der Waals surface area contributed by atoms with E-state index in [0.29, 0.717) is 0 Å². The molecule has 0 aromatic rings. The van der Waals surface area contributed by atoms with E-state index in [-0.39, 0.29) is 20.4 Å². The Morgan fingerprint density at radius 3 is 2.41 bits per heavy atom. The van der Waals surface area contributed by atoms with Crippen LogP contribution in [0.5, 0.6) is 0 Å². The van der Waals surface area contributed by atoms with Crippen LogP contribution in [0.3, 0.4) is 0 Å². The van der Waals surface area contributed by atoms with E-state index in [1.807, 2.05) is 0 Å². The third-order valence-corrected chi connectivity index (χ3v) is 5.70. The monoisotopic (exact) mass is 456 g/mol. The molecule has 32 heavy (non-hydrogen) atoms. The molecule has 2 fully saturated rings. The Bertz CT molecular complexity index is 781. The van der Waals surface area contributed by atoms with Crippen molar-refractivity contribution in [3.8, 4) is 0 Å². The van der Waals surface area contributed by atoms with Crippen LogP contribution in [0, 0.1) is 23.7 Å². The van der Waals surface area contributed by atoms with Crippen molar-refractivity contribution in [2.45, 2.75) is 71.2 Å². The number of esters is 2. The first-order valence-corrected chi connectivity index (χ1v) is 10.8. The van der Waals surface area contributed by atoms with E-state index in [2.05, 4.69) is 17.2 Å². The van der Waals surface area contributed by atoms with Gasteiger partial charge in [-0.05, 0) is 33.6 Å². The predicted octanol–water partition coefficient (Wildman–Crippen LogP) is 1.51. The Labute approximate surface area is 189 Å². The van der Waals surface area contributed by atoms with Crippen LogP contribution < -0.4 is 10.6 Å². The fraction of sp³-hybridized carbons (Fsp3) is 0.727. The molecule has 0 aromatic carbocycles. The van der Waals surface area contributed by atoms with E-state index < -0.39 is 65.0 Å². The molecule has 0 spiro atoms. The summed E-state index contributed by atoms with van der Waals surface area (Å²) in [5.74, 6) is -4.39.